The van der Waals surface area contributed by atoms with Gasteiger partial charge in [0.1, 0.15) is 24.1 Å². The van der Waals surface area contributed by atoms with Gasteiger partial charge in [-0.1, -0.05) is 30.7 Å². The number of ether oxygens (including phenoxy) is 1. The first-order valence-electron chi connectivity index (χ1n) is 7.18. The summed E-state index contributed by atoms with van der Waals surface area (Å²) in [6, 6.07) is 8.16. The molecule has 0 fully saturated rings. The lowest BCUT2D eigenvalue weighted by atomic mass is 10.1. The van der Waals surface area contributed by atoms with Crippen LogP contribution in [0.1, 0.15) is 42.3 Å². The Morgan fingerprint density at radius 3 is 2.86 bits per heavy atom. The van der Waals surface area contributed by atoms with Crippen LogP contribution in [0, 0.1) is 25.2 Å². The Balaban J connectivity index is 2.17. The second-order valence-corrected chi connectivity index (χ2v) is 5.13. The number of aromatic nitrogens is 3. The van der Waals surface area contributed by atoms with Crippen molar-refractivity contribution >= 4 is 0 Å². The second-order valence-electron chi connectivity index (χ2n) is 5.13. The van der Waals surface area contributed by atoms with E-state index in [1.165, 1.54) is 0 Å². The number of unbranched alkanes of at least 4 members (excludes halogenated alkanes) is 1. The Hall–Kier alpha value is -2.35. The number of hydrogen-bond acceptors (Lipinski definition) is 4. The minimum absolute atomic E-state index is 0.309. The molecule has 5 heteroatoms. The van der Waals surface area contributed by atoms with E-state index >= 15 is 0 Å². The van der Waals surface area contributed by atoms with Gasteiger partial charge in [-0.3, -0.25) is 0 Å². The molecular weight excluding hydrogens is 264 g/mol. The van der Waals surface area contributed by atoms with E-state index in [4.69, 9.17) is 10.00 Å². The highest BCUT2D eigenvalue weighted by atomic mass is 16.5. The van der Waals surface area contributed by atoms with Crippen molar-refractivity contribution in [3.63, 3.8) is 0 Å². The summed E-state index contributed by atoms with van der Waals surface area (Å²) in [4.78, 5) is 0. The highest BCUT2D eigenvalue weighted by Gasteiger charge is 2.13. The molecule has 1 aromatic carbocycles. The Morgan fingerprint density at radius 2 is 2.14 bits per heavy atom. The number of rotatable bonds is 6. The van der Waals surface area contributed by atoms with Crippen LogP contribution in [0.3, 0.4) is 0 Å². The fraction of sp³-hybridized carbons (Fsp3) is 0.438. The first kappa shape index (κ1) is 15.0. The molecule has 0 aliphatic rings. The predicted octanol–water partition coefficient (Wildman–Crippen LogP) is 3.15. The van der Waals surface area contributed by atoms with Gasteiger partial charge in [-0.25, -0.2) is 4.68 Å². The SMILES string of the molecule is CCCCn1nnc(C#N)c1COc1cc(C)ccc1C. The van der Waals surface area contributed by atoms with E-state index in [0.29, 0.717) is 12.3 Å². The van der Waals surface area contributed by atoms with Gasteiger partial charge in [-0.2, -0.15) is 5.26 Å². The van der Waals surface area contributed by atoms with E-state index in [-0.39, 0.29) is 0 Å². The van der Waals surface area contributed by atoms with E-state index in [0.717, 1.165) is 42.0 Å². The van der Waals surface area contributed by atoms with Gasteiger partial charge in [-0.15, -0.1) is 5.10 Å². The largest absolute Gasteiger partial charge is 0.487 e. The molecule has 0 spiro atoms. The van der Waals surface area contributed by atoms with Crippen LogP contribution in [0.5, 0.6) is 5.75 Å². The summed E-state index contributed by atoms with van der Waals surface area (Å²) in [7, 11) is 0. The number of hydrogen-bond donors (Lipinski definition) is 0. The molecule has 1 aromatic heterocycles. The maximum absolute atomic E-state index is 9.13. The van der Waals surface area contributed by atoms with E-state index in [9.17, 15) is 0 Å². The van der Waals surface area contributed by atoms with Gasteiger partial charge in [0.2, 0.25) is 0 Å². The zero-order valence-corrected chi connectivity index (χ0v) is 12.8. The Morgan fingerprint density at radius 1 is 1.33 bits per heavy atom. The molecule has 0 atom stereocenters. The van der Waals surface area contributed by atoms with E-state index in [1.54, 1.807) is 4.68 Å². The van der Waals surface area contributed by atoms with Gasteiger partial charge in [0.25, 0.3) is 0 Å². The van der Waals surface area contributed by atoms with Crippen LogP contribution in [-0.2, 0) is 13.2 Å². The van der Waals surface area contributed by atoms with Crippen molar-refractivity contribution in [2.45, 2.75) is 46.8 Å². The van der Waals surface area contributed by atoms with Crippen LogP contribution >= 0.6 is 0 Å². The van der Waals surface area contributed by atoms with Crippen LogP contribution in [-0.4, -0.2) is 15.0 Å². The fourth-order valence-corrected chi connectivity index (χ4v) is 2.06. The number of nitrogens with zero attached hydrogens (tertiary/aromatic N) is 4. The smallest absolute Gasteiger partial charge is 0.189 e. The van der Waals surface area contributed by atoms with Crippen LogP contribution in [0.25, 0.3) is 0 Å². The zero-order chi connectivity index (χ0) is 15.2. The molecule has 0 N–H and O–H groups in total. The third-order valence-corrected chi connectivity index (χ3v) is 3.38. The normalized spacial score (nSPS) is 10.4. The molecule has 0 amide bonds. The van der Waals surface area contributed by atoms with Crippen LogP contribution in [0.15, 0.2) is 18.2 Å². The average molecular weight is 284 g/mol. The third-order valence-electron chi connectivity index (χ3n) is 3.38. The average Bonchev–Trinajstić information content (AvgIpc) is 2.88. The van der Waals surface area contributed by atoms with E-state index < -0.39 is 0 Å². The lowest BCUT2D eigenvalue weighted by Crippen LogP contribution is -2.09. The third kappa shape index (κ3) is 3.60. The lowest BCUT2D eigenvalue weighted by Gasteiger charge is -2.11. The number of nitriles is 1. The van der Waals surface area contributed by atoms with Crippen LogP contribution < -0.4 is 4.74 Å². The minimum Gasteiger partial charge on any atom is -0.487 e. The van der Waals surface area contributed by atoms with Gasteiger partial charge in [0, 0.05) is 6.54 Å². The minimum atomic E-state index is 0.309. The lowest BCUT2D eigenvalue weighted by molar-refractivity contribution is 0.288. The molecule has 0 bridgehead atoms. The Labute approximate surface area is 125 Å². The molecule has 0 saturated carbocycles. The van der Waals surface area contributed by atoms with Crippen LogP contribution in [0.4, 0.5) is 0 Å². The maximum atomic E-state index is 9.13. The molecule has 0 saturated heterocycles. The monoisotopic (exact) mass is 284 g/mol. The number of benzene rings is 1. The summed E-state index contributed by atoms with van der Waals surface area (Å²) in [5, 5.41) is 17.1. The van der Waals surface area contributed by atoms with Crippen molar-refractivity contribution in [1.29, 1.82) is 5.26 Å². The van der Waals surface area contributed by atoms with Crippen LogP contribution in [0.2, 0.25) is 0 Å². The molecule has 0 aliphatic heterocycles. The summed E-state index contributed by atoms with van der Waals surface area (Å²) in [6.07, 6.45) is 2.07. The Kier molecular flexibility index (Phi) is 4.94. The van der Waals surface area contributed by atoms with E-state index in [2.05, 4.69) is 29.4 Å². The summed E-state index contributed by atoms with van der Waals surface area (Å²) in [5.41, 5.74) is 3.31. The second kappa shape index (κ2) is 6.89. The van der Waals surface area contributed by atoms with Crippen molar-refractivity contribution < 1.29 is 4.74 Å². The zero-order valence-electron chi connectivity index (χ0n) is 12.8. The topological polar surface area (TPSA) is 63.7 Å². The molecule has 0 unspecified atom stereocenters. The molecule has 1 heterocycles. The fourth-order valence-electron chi connectivity index (χ4n) is 2.06. The molecule has 2 aromatic rings. The molecule has 2 rings (SSSR count). The maximum Gasteiger partial charge on any atom is 0.189 e. The first-order valence-corrected chi connectivity index (χ1v) is 7.18. The van der Waals surface area contributed by atoms with Gasteiger partial charge in [0.15, 0.2) is 5.69 Å². The Bertz CT molecular complexity index is 655. The van der Waals surface area contributed by atoms with Gasteiger partial charge < -0.3 is 4.74 Å². The molecular formula is C16H20N4O. The predicted molar refractivity (Wildman–Crippen MR) is 79.9 cm³/mol. The quantitative estimate of drug-likeness (QED) is 0.817. The summed E-state index contributed by atoms with van der Waals surface area (Å²) in [6.45, 7) is 7.22. The highest BCUT2D eigenvalue weighted by molar-refractivity contribution is 5.36. The van der Waals surface area contributed by atoms with Crippen molar-refractivity contribution in [2.24, 2.45) is 0 Å². The number of aryl methyl sites for hydroxylation is 3. The molecule has 0 aliphatic carbocycles. The standard InChI is InChI=1S/C16H20N4O/c1-4-5-8-20-15(14(10-17)18-19-20)11-21-16-9-12(2)6-7-13(16)3/h6-7,9H,4-5,8,11H2,1-3H3. The molecule has 0 radical (unpaired) electrons. The van der Waals surface area contributed by atoms with E-state index in [1.807, 2.05) is 26.0 Å². The summed E-state index contributed by atoms with van der Waals surface area (Å²) in [5.74, 6) is 0.835. The highest BCUT2D eigenvalue weighted by Crippen LogP contribution is 2.21. The van der Waals surface area contributed by atoms with Gasteiger partial charge >= 0.3 is 0 Å². The van der Waals surface area contributed by atoms with Gasteiger partial charge in [0.05, 0.1) is 0 Å². The van der Waals surface area contributed by atoms with Crippen molar-refractivity contribution in [3.8, 4) is 11.8 Å². The van der Waals surface area contributed by atoms with Gasteiger partial charge in [-0.05, 0) is 37.5 Å². The molecule has 110 valence electrons. The molecule has 5 nitrogen and oxygen atoms in total. The summed E-state index contributed by atoms with van der Waals surface area (Å²) >= 11 is 0. The molecule has 21 heavy (non-hydrogen) atoms. The van der Waals surface area contributed by atoms with Crippen molar-refractivity contribution in [2.75, 3.05) is 0 Å². The first-order chi connectivity index (χ1) is 10.2. The van der Waals surface area contributed by atoms with Crippen molar-refractivity contribution in [3.05, 3.63) is 40.7 Å². The van der Waals surface area contributed by atoms with Crippen molar-refractivity contribution in [1.82, 2.24) is 15.0 Å². The summed E-state index contributed by atoms with van der Waals surface area (Å²) < 4.78 is 7.64.